The minimum atomic E-state index is -0.155. The van der Waals surface area contributed by atoms with Crippen LogP contribution >= 0.6 is 11.3 Å². The predicted molar refractivity (Wildman–Crippen MR) is 154 cm³/mol. The average Bonchev–Trinajstić information content (AvgIpc) is 3.58. The molecule has 1 aliphatic heterocycles. The van der Waals surface area contributed by atoms with E-state index in [2.05, 4.69) is 52.3 Å². The van der Waals surface area contributed by atoms with E-state index in [9.17, 15) is 9.90 Å². The van der Waals surface area contributed by atoms with Crippen molar-refractivity contribution in [3.63, 3.8) is 0 Å². The maximum absolute atomic E-state index is 13.3. The zero-order valence-electron chi connectivity index (χ0n) is 22.3. The van der Waals surface area contributed by atoms with Crippen LogP contribution in [0.3, 0.4) is 0 Å². The number of benzene rings is 2. The Hall–Kier alpha value is -2.71. The summed E-state index contributed by atoms with van der Waals surface area (Å²) < 4.78 is 6.17. The van der Waals surface area contributed by atoms with Crippen LogP contribution in [0.4, 0.5) is 0 Å². The Bertz CT molecular complexity index is 1240. The molecule has 1 unspecified atom stereocenters. The second-order valence-corrected chi connectivity index (χ2v) is 11.8. The van der Waals surface area contributed by atoms with Crippen molar-refractivity contribution >= 4 is 17.2 Å². The summed E-state index contributed by atoms with van der Waals surface area (Å²) in [5.41, 5.74) is 3.82. The lowest BCUT2D eigenvalue weighted by molar-refractivity contribution is 0.0938. The lowest BCUT2D eigenvalue weighted by Crippen LogP contribution is -2.34. The van der Waals surface area contributed by atoms with Crippen LogP contribution in [-0.4, -0.2) is 42.4 Å². The third-order valence-corrected chi connectivity index (χ3v) is 8.83. The third-order valence-electron chi connectivity index (χ3n) is 7.69. The molecule has 1 amide bonds. The average molecular weight is 534 g/mol. The number of piperidine rings is 1. The van der Waals surface area contributed by atoms with Crippen molar-refractivity contribution in [2.75, 3.05) is 13.1 Å². The molecule has 5 rings (SSSR count). The van der Waals surface area contributed by atoms with Gasteiger partial charge in [-0.15, -0.1) is 11.3 Å². The molecule has 6 nitrogen and oxygen atoms in total. The monoisotopic (exact) mass is 533 g/mol. The van der Waals surface area contributed by atoms with Crippen molar-refractivity contribution in [1.82, 2.24) is 16.0 Å². The number of aliphatic hydroxyl groups excluding tert-OH is 1. The first-order valence-corrected chi connectivity index (χ1v) is 14.7. The second kappa shape index (κ2) is 12.4. The summed E-state index contributed by atoms with van der Waals surface area (Å²) in [6.45, 7) is 6.76. The van der Waals surface area contributed by atoms with E-state index < -0.39 is 0 Å². The molecule has 2 aromatic carbocycles. The number of nitrogens with one attached hydrogen (secondary N) is 3. The molecule has 0 spiro atoms. The van der Waals surface area contributed by atoms with E-state index in [4.69, 9.17) is 4.74 Å². The zero-order chi connectivity index (χ0) is 26.5. The van der Waals surface area contributed by atoms with Gasteiger partial charge in [0.25, 0.3) is 5.91 Å². The van der Waals surface area contributed by atoms with Gasteiger partial charge in [0.15, 0.2) is 0 Å². The molecule has 1 aromatic heterocycles. The van der Waals surface area contributed by atoms with Gasteiger partial charge < -0.3 is 25.8 Å². The number of thiophene rings is 1. The molecule has 202 valence electrons. The van der Waals surface area contributed by atoms with Gasteiger partial charge in [-0.2, -0.15) is 0 Å². The first-order chi connectivity index (χ1) is 18.4. The number of rotatable bonds is 9. The number of aryl methyl sites for hydroxylation is 1. The van der Waals surface area contributed by atoms with Crippen LogP contribution in [0.25, 0.3) is 10.4 Å². The maximum Gasteiger partial charge on any atom is 0.252 e. The van der Waals surface area contributed by atoms with Crippen LogP contribution < -0.4 is 20.7 Å². The van der Waals surface area contributed by atoms with Crippen LogP contribution in [0.1, 0.15) is 71.4 Å². The Kier molecular flexibility index (Phi) is 8.79. The number of ether oxygens (including phenoxy) is 1. The molecule has 0 bridgehead atoms. The van der Waals surface area contributed by atoms with Gasteiger partial charge in [-0.05, 0) is 106 Å². The molecular formula is C31H39N3O3S. The first kappa shape index (κ1) is 26.9. The van der Waals surface area contributed by atoms with Crippen LogP contribution in [0.2, 0.25) is 0 Å². The number of aliphatic hydroxyl groups is 1. The van der Waals surface area contributed by atoms with Gasteiger partial charge in [0, 0.05) is 27.9 Å². The summed E-state index contributed by atoms with van der Waals surface area (Å²) in [6, 6.07) is 18.9. The molecule has 3 aromatic rings. The normalized spacial score (nSPS) is 20.8. The van der Waals surface area contributed by atoms with Crippen molar-refractivity contribution in [1.29, 1.82) is 0 Å². The smallest absolute Gasteiger partial charge is 0.252 e. The minimum absolute atomic E-state index is 0.0855. The fourth-order valence-electron chi connectivity index (χ4n) is 5.36. The summed E-state index contributed by atoms with van der Waals surface area (Å²) in [4.78, 5) is 15.8. The van der Waals surface area contributed by atoms with Crippen LogP contribution in [0, 0.1) is 6.92 Å². The van der Waals surface area contributed by atoms with E-state index in [1.165, 1.54) is 9.75 Å². The second-order valence-electron chi connectivity index (χ2n) is 10.7. The molecule has 4 N–H and O–H groups in total. The van der Waals surface area contributed by atoms with Gasteiger partial charge in [-0.25, -0.2) is 0 Å². The van der Waals surface area contributed by atoms with Gasteiger partial charge in [-0.1, -0.05) is 24.3 Å². The number of carbonyl (C=O) groups is 1. The largest absolute Gasteiger partial charge is 0.490 e. The lowest BCUT2D eigenvalue weighted by Gasteiger charge is -2.24. The van der Waals surface area contributed by atoms with Crippen molar-refractivity contribution in [3.8, 4) is 16.2 Å². The molecule has 2 aliphatic rings. The van der Waals surface area contributed by atoms with E-state index in [0.717, 1.165) is 74.2 Å². The SMILES string of the molecule is Cc1ccc(OC2CCNCC2)cc1C(=O)NC(C)c1cccc(-c2ccc(CN[C@H]3CC[C@@H](O)C3)s2)c1. The summed E-state index contributed by atoms with van der Waals surface area (Å²) >= 11 is 1.79. The molecule has 1 aliphatic carbocycles. The molecular weight excluding hydrogens is 494 g/mol. The molecule has 38 heavy (non-hydrogen) atoms. The highest BCUT2D eigenvalue weighted by Crippen LogP contribution is 2.31. The van der Waals surface area contributed by atoms with E-state index in [0.29, 0.717) is 11.6 Å². The molecule has 1 saturated carbocycles. The van der Waals surface area contributed by atoms with Gasteiger partial charge in [0.05, 0.1) is 12.1 Å². The highest BCUT2D eigenvalue weighted by Gasteiger charge is 2.22. The van der Waals surface area contributed by atoms with Gasteiger partial charge in [-0.3, -0.25) is 4.79 Å². The van der Waals surface area contributed by atoms with Crippen LogP contribution in [0.5, 0.6) is 5.75 Å². The highest BCUT2D eigenvalue weighted by molar-refractivity contribution is 7.15. The fraction of sp³-hybridized carbons (Fsp3) is 0.452. The molecule has 7 heteroatoms. The van der Waals surface area contributed by atoms with Gasteiger partial charge in [0.1, 0.15) is 11.9 Å². The van der Waals surface area contributed by atoms with Crippen molar-refractivity contribution in [2.24, 2.45) is 0 Å². The molecule has 1 saturated heterocycles. The Morgan fingerprint density at radius 1 is 1.11 bits per heavy atom. The van der Waals surface area contributed by atoms with Crippen molar-refractivity contribution in [2.45, 2.75) is 76.8 Å². The molecule has 0 radical (unpaired) electrons. The fourth-order valence-corrected chi connectivity index (χ4v) is 6.31. The highest BCUT2D eigenvalue weighted by atomic mass is 32.1. The molecule has 3 atom stereocenters. The minimum Gasteiger partial charge on any atom is -0.490 e. The molecule has 2 heterocycles. The van der Waals surface area contributed by atoms with Gasteiger partial charge in [0.2, 0.25) is 0 Å². The van der Waals surface area contributed by atoms with Crippen molar-refractivity contribution in [3.05, 3.63) is 76.2 Å². The van der Waals surface area contributed by atoms with E-state index >= 15 is 0 Å². The number of carbonyl (C=O) groups excluding carboxylic acids is 1. The topological polar surface area (TPSA) is 82.6 Å². The lowest BCUT2D eigenvalue weighted by atomic mass is 10.0. The van der Waals surface area contributed by atoms with Crippen LogP contribution in [0.15, 0.2) is 54.6 Å². The van der Waals surface area contributed by atoms with E-state index in [-0.39, 0.29) is 24.2 Å². The van der Waals surface area contributed by atoms with Crippen molar-refractivity contribution < 1.29 is 14.6 Å². The first-order valence-electron chi connectivity index (χ1n) is 13.8. The van der Waals surface area contributed by atoms with E-state index in [1.807, 2.05) is 32.0 Å². The summed E-state index contributed by atoms with van der Waals surface area (Å²) in [6.07, 6.45) is 4.79. The van der Waals surface area contributed by atoms with Gasteiger partial charge >= 0.3 is 0 Å². The Morgan fingerprint density at radius 2 is 1.95 bits per heavy atom. The summed E-state index contributed by atoms with van der Waals surface area (Å²) in [5.74, 6) is 0.673. The van der Waals surface area contributed by atoms with Crippen LogP contribution in [-0.2, 0) is 6.54 Å². The summed E-state index contributed by atoms with van der Waals surface area (Å²) in [5, 5.41) is 19.9. The van der Waals surface area contributed by atoms with E-state index in [1.54, 1.807) is 11.3 Å². The summed E-state index contributed by atoms with van der Waals surface area (Å²) in [7, 11) is 0. The maximum atomic E-state index is 13.3. The quantitative estimate of drug-likeness (QED) is 0.298. The Balaban J connectivity index is 1.21. The number of amides is 1. The standard InChI is InChI=1S/C31H39N3O3S/c1-20-6-9-27(37-26-12-14-32-15-13-26)18-29(20)31(36)34-21(2)22-4-3-5-23(16-22)30-11-10-28(38-30)19-33-24-7-8-25(35)17-24/h3-6,9-11,16,18,21,24-26,32-33,35H,7-8,12-15,17,19H2,1-2H3,(H,34,36)/t21?,24-,25+/m0/s1. The zero-order valence-corrected chi connectivity index (χ0v) is 23.2. The molecule has 2 fully saturated rings. The predicted octanol–water partition coefficient (Wildman–Crippen LogP) is 5.35. The number of hydrogen-bond acceptors (Lipinski definition) is 6. The Labute approximate surface area is 229 Å². The number of hydrogen-bond donors (Lipinski definition) is 4. The third kappa shape index (κ3) is 6.83. The Morgan fingerprint density at radius 3 is 2.74 bits per heavy atom.